The number of hydrogen-bond acceptors (Lipinski definition) is 1. The molecule has 1 aliphatic heterocycles. The number of hydrogen-bond donors (Lipinski definition) is 1. The van der Waals surface area contributed by atoms with Gasteiger partial charge in [0.2, 0.25) is 0 Å². The highest BCUT2D eigenvalue weighted by atomic mass is 15.0. The van der Waals surface area contributed by atoms with E-state index in [4.69, 9.17) is 0 Å². The van der Waals surface area contributed by atoms with Crippen LogP contribution in [0.3, 0.4) is 0 Å². The third kappa shape index (κ3) is 1.45. The Bertz CT molecular complexity index is 381. The molecular weight excluding hydrogens is 182 g/mol. The average molecular weight is 201 g/mol. The first-order valence-corrected chi connectivity index (χ1v) is 6.28. The molecule has 1 N–H and O–H groups in total. The van der Waals surface area contributed by atoms with Gasteiger partial charge in [0, 0.05) is 11.7 Å². The van der Waals surface area contributed by atoms with E-state index < -0.39 is 0 Å². The minimum atomic E-state index is 0.706. The van der Waals surface area contributed by atoms with Crippen LogP contribution in [0.25, 0.3) is 0 Å². The first-order valence-electron chi connectivity index (χ1n) is 6.28. The second kappa shape index (κ2) is 3.55. The van der Waals surface area contributed by atoms with Crippen LogP contribution < -0.4 is 5.32 Å². The van der Waals surface area contributed by atoms with Crippen LogP contribution in [0.15, 0.2) is 12.1 Å². The summed E-state index contributed by atoms with van der Waals surface area (Å²) in [4.78, 5) is 0. The molecule has 1 heteroatoms. The standard InChI is InChI=1S/C14H19N/c1-2-4-12-9-11-8-7-10-5-3-6-13(10)14(11)15-12/h7-8,12,15H,2-6,9H2,1H3. The minimum Gasteiger partial charge on any atom is -0.382 e. The largest absolute Gasteiger partial charge is 0.382 e. The summed E-state index contributed by atoms with van der Waals surface area (Å²) in [5.74, 6) is 0. The van der Waals surface area contributed by atoms with Gasteiger partial charge < -0.3 is 5.32 Å². The molecule has 0 amide bonds. The summed E-state index contributed by atoms with van der Waals surface area (Å²) in [5.41, 5.74) is 6.29. The molecule has 1 unspecified atom stereocenters. The molecule has 1 heterocycles. The van der Waals surface area contributed by atoms with Crippen molar-refractivity contribution in [2.45, 2.75) is 51.5 Å². The van der Waals surface area contributed by atoms with Crippen LogP contribution in [0.4, 0.5) is 5.69 Å². The summed E-state index contributed by atoms with van der Waals surface area (Å²) in [6, 6.07) is 5.41. The SMILES string of the molecule is CCCC1Cc2ccc3c(c2N1)CCC3. The molecule has 1 aromatic carbocycles. The topological polar surface area (TPSA) is 12.0 Å². The molecule has 0 bridgehead atoms. The van der Waals surface area contributed by atoms with E-state index in [0.717, 1.165) is 0 Å². The maximum atomic E-state index is 3.74. The molecule has 0 radical (unpaired) electrons. The summed E-state index contributed by atoms with van der Waals surface area (Å²) in [5, 5.41) is 3.74. The summed E-state index contributed by atoms with van der Waals surface area (Å²) >= 11 is 0. The van der Waals surface area contributed by atoms with Gasteiger partial charge in [-0.05, 0) is 48.8 Å². The van der Waals surface area contributed by atoms with E-state index in [1.165, 1.54) is 44.2 Å². The fraction of sp³-hybridized carbons (Fsp3) is 0.571. The van der Waals surface area contributed by atoms with Crippen molar-refractivity contribution in [2.75, 3.05) is 5.32 Å². The Labute approximate surface area is 91.9 Å². The van der Waals surface area contributed by atoms with Crippen molar-refractivity contribution in [1.82, 2.24) is 0 Å². The Morgan fingerprint density at radius 3 is 3.00 bits per heavy atom. The smallest absolute Gasteiger partial charge is 0.0411 e. The highest BCUT2D eigenvalue weighted by Crippen LogP contribution is 2.37. The van der Waals surface area contributed by atoms with Crippen LogP contribution in [-0.2, 0) is 19.3 Å². The van der Waals surface area contributed by atoms with Crippen molar-refractivity contribution in [3.8, 4) is 0 Å². The lowest BCUT2D eigenvalue weighted by molar-refractivity contribution is 0.661. The van der Waals surface area contributed by atoms with Gasteiger partial charge in [-0.2, -0.15) is 0 Å². The maximum Gasteiger partial charge on any atom is 0.0411 e. The third-order valence-electron chi connectivity index (χ3n) is 3.82. The third-order valence-corrected chi connectivity index (χ3v) is 3.82. The van der Waals surface area contributed by atoms with Crippen LogP contribution in [0.2, 0.25) is 0 Å². The van der Waals surface area contributed by atoms with Crippen molar-refractivity contribution in [3.05, 3.63) is 28.8 Å². The second-order valence-corrected chi connectivity index (χ2v) is 4.92. The summed E-state index contributed by atoms with van der Waals surface area (Å²) in [6.07, 6.45) is 7.78. The molecule has 0 saturated carbocycles. The minimum absolute atomic E-state index is 0.706. The zero-order valence-corrected chi connectivity index (χ0v) is 9.47. The Balaban J connectivity index is 1.93. The zero-order valence-electron chi connectivity index (χ0n) is 9.47. The molecule has 0 fully saturated rings. The van der Waals surface area contributed by atoms with Crippen molar-refractivity contribution in [1.29, 1.82) is 0 Å². The molecule has 0 saturated heterocycles. The number of fused-ring (bicyclic) bond motifs is 3. The highest BCUT2D eigenvalue weighted by Gasteiger charge is 2.25. The maximum absolute atomic E-state index is 3.74. The predicted octanol–water partition coefficient (Wildman–Crippen LogP) is 3.31. The normalized spacial score (nSPS) is 22.3. The Kier molecular flexibility index (Phi) is 2.19. The van der Waals surface area contributed by atoms with Gasteiger partial charge in [0.25, 0.3) is 0 Å². The summed E-state index contributed by atoms with van der Waals surface area (Å²) in [6.45, 7) is 2.27. The Hall–Kier alpha value is -0.980. The van der Waals surface area contributed by atoms with E-state index >= 15 is 0 Å². The van der Waals surface area contributed by atoms with Crippen molar-refractivity contribution >= 4 is 5.69 Å². The monoisotopic (exact) mass is 201 g/mol. The number of aryl methyl sites for hydroxylation is 1. The van der Waals surface area contributed by atoms with Gasteiger partial charge in [-0.1, -0.05) is 25.5 Å². The fourth-order valence-corrected chi connectivity index (χ4v) is 3.11. The number of nitrogens with one attached hydrogen (secondary N) is 1. The van der Waals surface area contributed by atoms with Crippen molar-refractivity contribution < 1.29 is 0 Å². The summed E-state index contributed by atoms with van der Waals surface area (Å²) in [7, 11) is 0. The lowest BCUT2D eigenvalue weighted by Crippen LogP contribution is -2.14. The molecule has 0 spiro atoms. The lowest BCUT2D eigenvalue weighted by Gasteiger charge is -2.11. The quantitative estimate of drug-likeness (QED) is 0.774. The van der Waals surface area contributed by atoms with Crippen molar-refractivity contribution in [2.24, 2.45) is 0 Å². The van der Waals surface area contributed by atoms with Gasteiger partial charge in [-0.15, -0.1) is 0 Å². The van der Waals surface area contributed by atoms with E-state index in [1.807, 2.05) is 0 Å². The van der Waals surface area contributed by atoms with E-state index in [0.29, 0.717) is 6.04 Å². The molecule has 0 aromatic heterocycles. The second-order valence-electron chi connectivity index (χ2n) is 4.92. The van der Waals surface area contributed by atoms with Crippen LogP contribution in [-0.4, -0.2) is 6.04 Å². The van der Waals surface area contributed by atoms with E-state index in [-0.39, 0.29) is 0 Å². The van der Waals surface area contributed by atoms with Gasteiger partial charge in [0.15, 0.2) is 0 Å². The van der Waals surface area contributed by atoms with Gasteiger partial charge in [-0.3, -0.25) is 0 Å². The first-order chi connectivity index (χ1) is 7.38. The lowest BCUT2D eigenvalue weighted by atomic mass is 10.0. The van der Waals surface area contributed by atoms with Crippen LogP contribution >= 0.6 is 0 Å². The van der Waals surface area contributed by atoms with Gasteiger partial charge >= 0.3 is 0 Å². The number of anilines is 1. The number of benzene rings is 1. The number of rotatable bonds is 2. The van der Waals surface area contributed by atoms with Gasteiger partial charge in [0.1, 0.15) is 0 Å². The Morgan fingerprint density at radius 1 is 1.27 bits per heavy atom. The Morgan fingerprint density at radius 2 is 2.13 bits per heavy atom. The predicted molar refractivity (Wildman–Crippen MR) is 64.5 cm³/mol. The summed E-state index contributed by atoms with van der Waals surface area (Å²) < 4.78 is 0. The molecule has 1 aromatic rings. The zero-order chi connectivity index (χ0) is 10.3. The van der Waals surface area contributed by atoms with Gasteiger partial charge in [-0.25, -0.2) is 0 Å². The molecule has 1 atom stereocenters. The van der Waals surface area contributed by atoms with E-state index in [1.54, 1.807) is 16.7 Å². The van der Waals surface area contributed by atoms with Gasteiger partial charge in [0.05, 0.1) is 0 Å². The van der Waals surface area contributed by atoms with E-state index in [9.17, 15) is 0 Å². The van der Waals surface area contributed by atoms with Crippen molar-refractivity contribution in [3.63, 3.8) is 0 Å². The molecule has 1 aliphatic carbocycles. The molecule has 80 valence electrons. The molecule has 3 rings (SSSR count). The molecule has 1 nitrogen and oxygen atoms in total. The van der Waals surface area contributed by atoms with Crippen LogP contribution in [0.5, 0.6) is 0 Å². The molecular formula is C14H19N. The molecule has 15 heavy (non-hydrogen) atoms. The van der Waals surface area contributed by atoms with Crippen LogP contribution in [0, 0.1) is 0 Å². The first kappa shape index (κ1) is 9.26. The molecule has 2 aliphatic rings. The fourth-order valence-electron chi connectivity index (χ4n) is 3.11. The van der Waals surface area contributed by atoms with Crippen LogP contribution in [0.1, 0.15) is 42.9 Å². The average Bonchev–Trinajstić information content (AvgIpc) is 2.80. The highest BCUT2D eigenvalue weighted by molar-refractivity contribution is 5.65. The van der Waals surface area contributed by atoms with E-state index in [2.05, 4.69) is 24.4 Å².